The minimum Gasteiger partial charge on any atom is -0.436 e. The zero-order valence-corrected chi connectivity index (χ0v) is 48.9. The van der Waals surface area contributed by atoms with E-state index in [0.29, 0.717) is 11.8 Å². The lowest BCUT2D eigenvalue weighted by Crippen LogP contribution is -1.93. The minimum absolute atomic E-state index is 0.637. The highest BCUT2D eigenvalue weighted by Crippen LogP contribution is 2.49. The third-order valence-corrected chi connectivity index (χ3v) is 17.8. The summed E-state index contributed by atoms with van der Waals surface area (Å²) in [6.45, 7) is 0. The van der Waals surface area contributed by atoms with Crippen LogP contribution < -0.4 is 0 Å². The highest BCUT2D eigenvalue weighted by molar-refractivity contribution is 6.24. The molecule has 2 heterocycles. The molecule has 0 fully saturated rings. The van der Waals surface area contributed by atoms with E-state index < -0.39 is 0 Å². The highest BCUT2D eigenvalue weighted by atomic mass is 16.4. The van der Waals surface area contributed by atoms with E-state index in [1.54, 1.807) is 0 Å². The second-order valence-electron chi connectivity index (χ2n) is 23.0. The summed E-state index contributed by atoms with van der Waals surface area (Å²) in [7, 11) is 0. The van der Waals surface area contributed by atoms with E-state index in [2.05, 4.69) is 279 Å². The van der Waals surface area contributed by atoms with Crippen molar-refractivity contribution in [3.8, 4) is 89.7 Å². The molecule has 0 saturated carbocycles. The number of benzene rings is 16. The largest absolute Gasteiger partial charge is 0.436 e. The van der Waals surface area contributed by atoms with Crippen LogP contribution >= 0.6 is 0 Å². The topological polar surface area (TPSA) is 52.1 Å². The number of nitrogens with zero attached hydrogens (tertiary/aromatic N) is 2. The molecule has 0 aliphatic rings. The average Bonchev–Trinajstić information content (AvgIpc) is 0.895. The lowest BCUT2D eigenvalue weighted by Gasteiger charge is -2.20. The van der Waals surface area contributed by atoms with Crippen molar-refractivity contribution >= 4 is 86.8 Å². The Hall–Kier alpha value is -12.0. The van der Waals surface area contributed by atoms with Gasteiger partial charge in [0.1, 0.15) is 11.0 Å². The minimum atomic E-state index is 0.637. The molecule has 0 bridgehead atoms. The van der Waals surface area contributed by atoms with Crippen LogP contribution in [0.25, 0.3) is 177 Å². The van der Waals surface area contributed by atoms with Crippen molar-refractivity contribution in [2.45, 2.75) is 0 Å². The first kappa shape index (κ1) is 52.4. The van der Waals surface area contributed by atoms with Crippen molar-refractivity contribution in [3.05, 3.63) is 328 Å². The van der Waals surface area contributed by atoms with Gasteiger partial charge in [-0.25, -0.2) is 9.97 Å². The van der Waals surface area contributed by atoms with Gasteiger partial charge in [0.05, 0.1) is 0 Å². The fourth-order valence-electron chi connectivity index (χ4n) is 13.7. The Bertz CT molecular complexity index is 5600. The van der Waals surface area contributed by atoms with Crippen LogP contribution in [-0.4, -0.2) is 9.97 Å². The molecule has 0 aliphatic heterocycles. The summed E-state index contributed by atoms with van der Waals surface area (Å²) < 4.78 is 12.1. The van der Waals surface area contributed by atoms with Crippen molar-refractivity contribution in [3.63, 3.8) is 0 Å². The number of para-hydroxylation sites is 4. The van der Waals surface area contributed by atoms with Crippen molar-refractivity contribution in [1.29, 1.82) is 0 Å². The first-order valence-corrected chi connectivity index (χ1v) is 30.6. The van der Waals surface area contributed by atoms with Crippen LogP contribution in [0.4, 0.5) is 0 Å². The summed E-state index contributed by atoms with van der Waals surface area (Å²) in [6.07, 6.45) is 0. The van der Waals surface area contributed by atoms with Gasteiger partial charge in [0, 0.05) is 11.1 Å². The maximum Gasteiger partial charge on any atom is 0.227 e. The Morgan fingerprint density at radius 3 is 0.989 bits per heavy atom. The molecule has 0 N–H and O–H groups in total. The standard InChI is InChI=1S/2C43H27NO/c1-2-14-31-28(12-1)13-11-21-32(31)33-15-3-4-16-34(33)42-37-19-7-5-17-35(37)41(36-18-6-8-20-38(36)42)29-24-26-30(27-25-29)43-44-39-22-9-10-23-40(39)45-43;1-2-12-31-27-32(26-21-28(31)11-1)33-13-3-4-14-34(33)42-37-17-7-5-15-35(37)41(36-16-6-8-18-38(36)42)29-22-24-30(25-23-29)43-44-39-19-9-10-20-40(39)45-43/h2*1-27H. The van der Waals surface area contributed by atoms with Gasteiger partial charge in [-0.2, -0.15) is 0 Å². The number of aromatic nitrogens is 2. The molecule has 0 amide bonds. The first-order chi connectivity index (χ1) is 44.6. The van der Waals surface area contributed by atoms with Crippen LogP contribution in [0.3, 0.4) is 0 Å². The molecule has 4 nitrogen and oxygen atoms in total. The van der Waals surface area contributed by atoms with Crippen molar-refractivity contribution in [2.24, 2.45) is 0 Å². The normalized spacial score (nSPS) is 11.6. The number of hydrogen-bond acceptors (Lipinski definition) is 4. The average molecular weight is 1150 g/mol. The summed E-state index contributed by atoms with van der Waals surface area (Å²) in [4.78, 5) is 9.43. The Balaban J connectivity index is 0.000000139. The summed E-state index contributed by atoms with van der Waals surface area (Å²) >= 11 is 0. The molecule has 90 heavy (non-hydrogen) atoms. The lowest BCUT2D eigenvalue weighted by atomic mass is 9.83. The number of hydrogen-bond donors (Lipinski definition) is 0. The van der Waals surface area contributed by atoms with Gasteiger partial charge in [-0.3, -0.25) is 0 Å². The summed E-state index contributed by atoms with van der Waals surface area (Å²) in [5.74, 6) is 1.27. The molecule has 0 radical (unpaired) electrons. The van der Waals surface area contributed by atoms with Crippen LogP contribution in [0, 0.1) is 0 Å². The van der Waals surface area contributed by atoms with E-state index in [0.717, 1.165) is 44.5 Å². The van der Waals surface area contributed by atoms with E-state index >= 15 is 0 Å². The summed E-state index contributed by atoms with van der Waals surface area (Å²) in [5, 5.41) is 14.9. The van der Waals surface area contributed by atoms with Crippen molar-refractivity contribution in [1.82, 2.24) is 9.97 Å². The Labute approximate surface area is 519 Å². The van der Waals surface area contributed by atoms with E-state index in [1.807, 2.05) is 48.5 Å². The molecule has 0 atom stereocenters. The zero-order valence-electron chi connectivity index (χ0n) is 48.9. The van der Waals surface area contributed by atoms with Gasteiger partial charge < -0.3 is 8.83 Å². The van der Waals surface area contributed by atoms with Gasteiger partial charge >= 0.3 is 0 Å². The fraction of sp³-hybridized carbons (Fsp3) is 0. The zero-order chi connectivity index (χ0) is 59.5. The van der Waals surface area contributed by atoms with Gasteiger partial charge in [0.2, 0.25) is 11.8 Å². The fourth-order valence-corrected chi connectivity index (χ4v) is 13.7. The first-order valence-electron chi connectivity index (χ1n) is 30.6. The number of rotatable bonds is 8. The van der Waals surface area contributed by atoms with E-state index in [-0.39, 0.29) is 0 Å². The van der Waals surface area contributed by atoms with Crippen LogP contribution in [0.1, 0.15) is 0 Å². The molecular formula is C86H54N2O2. The monoisotopic (exact) mass is 1150 g/mol. The molecule has 16 aromatic carbocycles. The second kappa shape index (κ2) is 22.1. The Kier molecular flexibility index (Phi) is 12.8. The van der Waals surface area contributed by atoms with E-state index in [4.69, 9.17) is 18.8 Å². The number of fused-ring (bicyclic) bond motifs is 8. The second-order valence-corrected chi connectivity index (χ2v) is 23.0. The molecule has 420 valence electrons. The molecule has 4 heteroatoms. The van der Waals surface area contributed by atoms with E-state index in [1.165, 1.54) is 120 Å². The Morgan fingerprint density at radius 1 is 0.189 bits per heavy atom. The Morgan fingerprint density at radius 2 is 0.511 bits per heavy atom. The predicted octanol–water partition coefficient (Wildman–Crippen LogP) is 23.9. The number of oxazole rings is 2. The molecule has 0 saturated heterocycles. The van der Waals surface area contributed by atoms with Gasteiger partial charge in [0.25, 0.3) is 0 Å². The lowest BCUT2D eigenvalue weighted by molar-refractivity contribution is 0.619. The molecule has 0 spiro atoms. The van der Waals surface area contributed by atoms with Crippen LogP contribution in [0.5, 0.6) is 0 Å². The highest BCUT2D eigenvalue weighted by Gasteiger charge is 2.22. The predicted molar refractivity (Wildman–Crippen MR) is 377 cm³/mol. The molecule has 2 aromatic heterocycles. The quantitative estimate of drug-likeness (QED) is 0.142. The summed E-state index contributed by atoms with van der Waals surface area (Å²) in [5.41, 5.74) is 20.0. The van der Waals surface area contributed by atoms with Crippen molar-refractivity contribution < 1.29 is 8.83 Å². The van der Waals surface area contributed by atoms with Crippen molar-refractivity contribution in [2.75, 3.05) is 0 Å². The molecule has 18 rings (SSSR count). The summed E-state index contributed by atoms with van der Waals surface area (Å²) in [6, 6.07) is 117. The third kappa shape index (κ3) is 9.08. The maximum absolute atomic E-state index is 6.07. The molecule has 0 unspecified atom stereocenters. The van der Waals surface area contributed by atoms with Gasteiger partial charge in [0.15, 0.2) is 11.2 Å². The molecular weight excluding hydrogens is 1090 g/mol. The smallest absolute Gasteiger partial charge is 0.227 e. The van der Waals surface area contributed by atoms with Gasteiger partial charge in [-0.15, -0.1) is 0 Å². The SMILES string of the molecule is c1ccc(-c2c3ccccc3c(-c3ccc(-c4nc5ccccc5o4)cc3)c3ccccc23)c(-c2ccc3ccccc3c2)c1.c1ccc(-c2c3ccccc3c(-c3ccc(-c4nc5ccccc5o4)cc3)c3ccccc23)c(-c2cccc3ccccc23)c1. The van der Waals surface area contributed by atoms with Crippen LogP contribution in [-0.2, 0) is 0 Å². The molecule has 0 aliphatic carbocycles. The third-order valence-electron chi connectivity index (χ3n) is 17.8. The van der Waals surface area contributed by atoms with E-state index in [9.17, 15) is 0 Å². The van der Waals surface area contributed by atoms with Crippen LogP contribution in [0.15, 0.2) is 336 Å². The van der Waals surface area contributed by atoms with Gasteiger partial charge in [-0.05, 0) is 186 Å². The van der Waals surface area contributed by atoms with Gasteiger partial charge in [-0.1, -0.05) is 273 Å². The van der Waals surface area contributed by atoms with Crippen LogP contribution in [0.2, 0.25) is 0 Å². The molecule has 18 aromatic rings. The maximum atomic E-state index is 6.07.